The Morgan fingerprint density at radius 3 is 1.89 bits per heavy atom. The summed E-state index contributed by atoms with van der Waals surface area (Å²) in [5.41, 5.74) is 2.82. The number of rotatable bonds is 12. The van der Waals surface area contributed by atoms with Crippen molar-refractivity contribution < 1.29 is 52.3 Å². The fraction of sp³-hybridized carbons (Fsp3) is 0.353. The van der Waals surface area contributed by atoms with Crippen LogP contribution in [0.1, 0.15) is 44.4 Å². The van der Waals surface area contributed by atoms with Gasteiger partial charge in [-0.05, 0) is 34.9 Å². The smallest absolute Gasteiger partial charge is 0.303 e. The summed E-state index contributed by atoms with van der Waals surface area (Å²) in [6.07, 6.45) is -5.91. The molecule has 0 aliphatic carbocycles. The highest BCUT2D eigenvalue weighted by molar-refractivity contribution is 5.68. The number of benzene rings is 3. The number of esters is 4. The fourth-order valence-electron chi connectivity index (χ4n) is 4.84. The van der Waals surface area contributed by atoms with Gasteiger partial charge >= 0.3 is 23.9 Å². The largest absolute Gasteiger partial charge is 0.489 e. The van der Waals surface area contributed by atoms with Crippen molar-refractivity contribution in [2.45, 2.75) is 71.4 Å². The van der Waals surface area contributed by atoms with E-state index in [0.29, 0.717) is 18.8 Å². The first-order valence-corrected chi connectivity index (χ1v) is 14.4. The third-order valence-corrected chi connectivity index (χ3v) is 6.73. The van der Waals surface area contributed by atoms with Crippen LogP contribution in [0.4, 0.5) is 0 Å². The first-order chi connectivity index (χ1) is 21.6. The van der Waals surface area contributed by atoms with Gasteiger partial charge < -0.3 is 33.2 Å². The highest BCUT2D eigenvalue weighted by Crippen LogP contribution is 2.32. The molecule has 0 aromatic heterocycles. The lowest BCUT2D eigenvalue weighted by Crippen LogP contribution is -2.63. The third kappa shape index (κ3) is 9.80. The van der Waals surface area contributed by atoms with Crippen LogP contribution in [-0.4, -0.2) is 61.2 Å². The lowest BCUT2D eigenvalue weighted by atomic mass is 9.98. The number of hydrogen-bond acceptors (Lipinski definition) is 11. The number of ether oxygens (including phenoxy) is 7. The van der Waals surface area contributed by atoms with E-state index in [1.54, 1.807) is 12.1 Å². The molecule has 1 saturated heterocycles. The molecule has 1 fully saturated rings. The third-order valence-electron chi connectivity index (χ3n) is 6.73. The van der Waals surface area contributed by atoms with Crippen LogP contribution >= 0.6 is 0 Å². The zero-order valence-corrected chi connectivity index (χ0v) is 25.5. The Morgan fingerprint density at radius 1 is 0.644 bits per heavy atom. The van der Waals surface area contributed by atoms with Gasteiger partial charge in [-0.1, -0.05) is 60.7 Å². The van der Waals surface area contributed by atoms with E-state index in [0.717, 1.165) is 36.3 Å². The predicted octanol–water partition coefficient (Wildman–Crippen LogP) is 4.32. The Labute approximate surface area is 261 Å². The zero-order valence-electron chi connectivity index (χ0n) is 25.5. The van der Waals surface area contributed by atoms with E-state index in [1.165, 1.54) is 13.8 Å². The van der Waals surface area contributed by atoms with Crippen LogP contribution < -0.4 is 9.47 Å². The average Bonchev–Trinajstić information content (AvgIpc) is 2.99. The van der Waals surface area contributed by atoms with Crippen LogP contribution in [0.25, 0.3) is 0 Å². The maximum atomic E-state index is 12.2. The van der Waals surface area contributed by atoms with Crippen molar-refractivity contribution in [1.29, 1.82) is 0 Å². The maximum Gasteiger partial charge on any atom is 0.303 e. The Hall–Kier alpha value is -4.90. The molecule has 0 spiro atoms. The van der Waals surface area contributed by atoms with E-state index < -0.39 is 54.6 Å². The number of carbonyl (C=O) groups is 4. The maximum absolute atomic E-state index is 12.2. The zero-order chi connectivity index (χ0) is 32.3. The Morgan fingerprint density at radius 2 is 1.24 bits per heavy atom. The number of hydrogen-bond donors (Lipinski definition) is 0. The molecule has 0 saturated carbocycles. The molecule has 11 nitrogen and oxygen atoms in total. The molecular formula is C34H36O11. The van der Waals surface area contributed by atoms with Gasteiger partial charge in [0.2, 0.25) is 12.4 Å². The lowest BCUT2D eigenvalue weighted by Gasteiger charge is -2.44. The van der Waals surface area contributed by atoms with Crippen molar-refractivity contribution >= 4 is 23.9 Å². The molecule has 238 valence electrons. The first-order valence-electron chi connectivity index (χ1n) is 14.4. The minimum atomic E-state index is -1.33. The van der Waals surface area contributed by atoms with Crippen LogP contribution in [0.2, 0.25) is 0 Å². The topological polar surface area (TPSA) is 133 Å². The molecule has 3 aromatic carbocycles. The quantitative estimate of drug-likeness (QED) is 0.212. The van der Waals surface area contributed by atoms with Gasteiger partial charge in [-0.25, -0.2) is 0 Å². The SMILES string of the molecule is CC(=O)OC[C@H]1O[C@@H](Oc2ccccc2Cc2ccc(OCc3ccccc3)cc2)[C@H](OC(C)=O)[C@@H](OC(C)=O)[C@@H]1OC(C)=O. The van der Waals surface area contributed by atoms with Crippen LogP contribution in [0.15, 0.2) is 78.9 Å². The molecule has 11 heteroatoms. The fourth-order valence-corrected chi connectivity index (χ4v) is 4.84. The standard InChI is InChI=1S/C34H36O11/c1-21(35)39-20-30-31(41-22(2)36)32(42-23(3)37)33(43-24(4)38)34(45-30)44-29-13-9-8-12-27(29)18-25-14-16-28(17-15-25)40-19-26-10-6-5-7-11-26/h5-17,30-34H,18-20H2,1-4H3/t30-,31-,32+,33-,34-/m1/s1. The van der Waals surface area contributed by atoms with Gasteiger partial charge in [0, 0.05) is 34.1 Å². The lowest BCUT2D eigenvalue weighted by molar-refractivity contribution is -0.288. The van der Waals surface area contributed by atoms with Crippen LogP contribution in [0.5, 0.6) is 11.5 Å². The van der Waals surface area contributed by atoms with E-state index in [1.807, 2.05) is 66.7 Å². The highest BCUT2D eigenvalue weighted by atomic mass is 16.7. The minimum Gasteiger partial charge on any atom is -0.489 e. The minimum absolute atomic E-state index is 0.349. The Balaban J connectivity index is 1.57. The van der Waals surface area contributed by atoms with Crippen molar-refractivity contribution in [3.05, 3.63) is 95.6 Å². The Kier molecular flexibility index (Phi) is 11.5. The molecule has 0 N–H and O–H groups in total. The van der Waals surface area contributed by atoms with Crippen molar-refractivity contribution in [2.75, 3.05) is 6.61 Å². The summed E-state index contributed by atoms with van der Waals surface area (Å²) in [6.45, 7) is 4.81. The predicted molar refractivity (Wildman–Crippen MR) is 159 cm³/mol. The van der Waals surface area contributed by atoms with Gasteiger partial charge in [0.15, 0.2) is 12.2 Å². The second-order valence-electron chi connectivity index (χ2n) is 10.4. The van der Waals surface area contributed by atoms with E-state index >= 15 is 0 Å². The summed E-state index contributed by atoms with van der Waals surface area (Å²) >= 11 is 0. The monoisotopic (exact) mass is 620 g/mol. The van der Waals surface area contributed by atoms with E-state index in [4.69, 9.17) is 33.2 Å². The van der Waals surface area contributed by atoms with Crippen molar-refractivity contribution in [3.63, 3.8) is 0 Å². The summed E-state index contributed by atoms with van der Waals surface area (Å²) in [5.74, 6) is -1.62. The molecule has 0 radical (unpaired) electrons. The van der Waals surface area contributed by atoms with E-state index in [-0.39, 0.29) is 6.61 Å². The molecule has 0 amide bonds. The van der Waals surface area contributed by atoms with Gasteiger partial charge in [0.05, 0.1) is 0 Å². The molecule has 4 rings (SSSR count). The summed E-state index contributed by atoms with van der Waals surface area (Å²) in [6, 6.07) is 24.8. The molecule has 0 bridgehead atoms. The molecule has 3 aromatic rings. The summed E-state index contributed by atoms with van der Waals surface area (Å²) in [5, 5.41) is 0. The summed E-state index contributed by atoms with van der Waals surface area (Å²) < 4.78 is 39.9. The molecule has 1 aliphatic heterocycles. The average molecular weight is 621 g/mol. The highest BCUT2D eigenvalue weighted by Gasteiger charge is 2.53. The Bertz CT molecular complexity index is 1450. The number of carbonyl (C=O) groups excluding carboxylic acids is 4. The van der Waals surface area contributed by atoms with Crippen LogP contribution in [0.3, 0.4) is 0 Å². The second kappa shape index (κ2) is 15.7. The van der Waals surface area contributed by atoms with Gasteiger partial charge in [-0.3, -0.25) is 19.2 Å². The summed E-state index contributed by atoms with van der Waals surface area (Å²) in [4.78, 5) is 47.9. The van der Waals surface area contributed by atoms with Gasteiger partial charge in [0.25, 0.3) is 0 Å². The summed E-state index contributed by atoms with van der Waals surface area (Å²) in [7, 11) is 0. The van der Waals surface area contributed by atoms with Crippen molar-refractivity contribution in [2.24, 2.45) is 0 Å². The van der Waals surface area contributed by atoms with Gasteiger partial charge in [-0.2, -0.15) is 0 Å². The second-order valence-corrected chi connectivity index (χ2v) is 10.4. The number of para-hydroxylation sites is 1. The molecular weight excluding hydrogens is 584 g/mol. The molecule has 5 atom stereocenters. The molecule has 1 aliphatic rings. The molecule has 45 heavy (non-hydrogen) atoms. The van der Waals surface area contributed by atoms with Crippen molar-refractivity contribution in [1.82, 2.24) is 0 Å². The first kappa shape index (κ1) is 33.0. The molecule has 1 heterocycles. The molecule has 0 unspecified atom stereocenters. The van der Waals surface area contributed by atoms with E-state index in [2.05, 4.69) is 0 Å². The van der Waals surface area contributed by atoms with Crippen molar-refractivity contribution in [3.8, 4) is 11.5 Å². The van der Waals surface area contributed by atoms with Crippen LogP contribution in [0, 0.1) is 0 Å². The van der Waals surface area contributed by atoms with Gasteiger partial charge in [-0.15, -0.1) is 0 Å². The van der Waals surface area contributed by atoms with Gasteiger partial charge in [0.1, 0.15) is 30.8 Å². The normalized spacial score (nSPS) is 20.8. The van der Waals surface area contributed by atoms with E-state index in [9.17, 15) is 19.2 Å². The van der Waals surface area contributed by atoms with Crippen LogP contribution in [-0.2, 0) is 55.9 Å².